The van der Waals surface area contributed by atoms with Crippen molar-refractivity contribution in [2.45, 2.75) is 13.1 Å². The molecule has 28 heavy (non-hydrogen) atoms. The van der Waals surface area contributed by atoms with Crippen molar-refractivity contribution in [2.75, 3.05) is 23.1 Å². The van der Waals surface area contributed by atoms with E-state index in [4.69, 9.17) is 23.2 Å². The van der Waals surface area contributed by atoms with Crippen LogP contribution in [-0.4, -0.2) is 41.8 Å². The molecule has 1 saturated heterocycles. The van der Waals surface area contributed by atoms with Gasteiger partial charge < -0.3 is 5.32 Å². The molecule has 0 bridgehead atoms. The number of likely N-dealkylation sites (N-methyl/N-ethyl adjacent to an activating group) is 1. The molecule has 0 aliphatic carbocycles. The number of nitrogens with zero attached hydrogens (tertiary/aromatic N) is 3. The number of halogens is 3. The molecule has 1 unspecified atom stereocenters. The first-order chi connectivity index (χ1) is 13.3. The van der Waals surface area contributed by atoms with Gasteiger partial charge in [0, 0.05) is 7.05 Å². The monoisotopic (exact) mass is 422 g/mol. The van der Waals surface area contributed by atoms with Gasteiger partial charge in [-0.05, 0) is 30.7 Å². The van der Waals surface area contributed by atoms with Crippen molar-refractivity contribution in [3.05, 3.63) is 58.9 Å². The highest BCUT2D eigenvalue weighted by atomic mass is 35.5. The third-order valence-electron chi connectivity index (χ3n) is 4.22. The first-order valence-electron chi connectivity index (χ1n) is 8.37. The first kappa shape index (κ1) is 20.1. The van der Waals surface area contributed by atoms with Crippen LogP contribution in [0.4, 0.5) is 20.6 Å². The predicted octanol–water partition coefficient (Wildman–Crippen LogP) is 4.26. The van der Waals surface area contributed by atoms with Gasteiger partial charge in [-0.15, -0.1) is 11.6 Å². The number of carbonyl (C=O) groups is 2. The topological polar surface area (TPSA) is 65.0 Å². The van der Waals surface area contributed by atoms with Crippen molar-refractivity contribution >= 4 is 52.4 Å². The van der Waals surface area contributed by atoms with E-state index in [-0.39, 0.29) is 22.4 Å². The summed E-state index contributed by atoms with van der Waals surface area (Å²) in [5, 5.41) is 3.15. The number of urea groups is 1. The molecule has 1 fully saturated rings. The van der Waals surface area contributed by atoms with Crippen LogP contribution in [0.5, 0.6) is 0 Å². The average molecular weight is 423 g/mol. The molecular weight excluding hydrogens is 406 g/mol. The van der Waals surface area contributed by atoms with Crippen molar-refractivity contribution < 1.29 is 14.0 Å². The Morgan fingerprint density at radius 3 is 2.57 bits per heavy atom. The molecule has 0 radical (unpaired) electrons. The van der Waals surface area contributed by atoms with Gasteiger partial charge in [-0.2, -0.15) is 0 Å². The van der Waals surface area contributed by atoms with Gasteiger partial charge in [-0.25, -0.2) is 19.1 Å². The van der Waals surface area contributed by atoms with Crippen molar-refractivity contribution in [3.8, 4) is 0 Å². The maximum atomic E-state index is 14.3. The Bertz CT molecular complexity index is 967. The smallest absolute Gasteiger partial charge is 0.337 e. The number of nitrogens with one attached hydrogen (secondary N) is 1. The van der Waals surface area contributed by atoms with Crippen LogP contribution in [0.25, 0.3) is 0 Å². The van der Waals surface area contributed by atoms with Crippen LogP contribution in [0.2, 0.25) is 5.02 Å². The van der Waals surface area contributed by atoms with Crippen molar-refractivity contribution in [1.82, 2.24) is 4.90 Å². The average Bonchev–Trinajstić information content (AvgIpc) is 2.89. The van der Waals surface area contributed by atoms with E-state index in [0.717, 1.165) is 9.80 Å². The highest BCUT2D eigenvalue weighted by molar-refractivity contribution is 6.55. The fraction of sp³-hybridized carbons (Fsp3) is 0.211. The quantitative estimate of drug-likeness (QED) is 0.578. The number of imide groups is 1. The molecule has 1 aliphatic heterocycles. The van der Waals surface area contributed by atoms with E-state index >= 15 is 0 Å². The number of benzene rings is 2. The molecule has 6 nitrogen and oxygen atoms in total. The molecule has 0 saturated carbocycles. The maximum absolute atomic E-state index is 14.3. The van der Waals surface area contributed by atoms with Crippen molar-refractivity contribution in [2.24, 2.45) is 4.99 Å². The van der Waals surface area contributed by atoms with E-state index < -0.39 is 23.9 Å². The molecule has 1 heterocycles. The lowest BCUT2D eigenvalue weighted by Crippen LogP contribution is -2.34. The lowest BCUT2D eigenvalue weighted by Gasteiger charge is -2.19. The number of carbonyl (C=O) groups excluding carboxylic acids is 2. The third kappa shape index (κ3) is 3.68. The molecular formula is C19H17Cl2FN4O2. The van der Waals surface area contributed by atoms with Gasteiger partial charge in [-0.1, -0.05) is 35.9 Å². The van der Waals surface area contributed by atoms with Gasteiger partial charge in [0.05, 0.1) is 22.3 Å². The highest BCUT2D eigenvalue weighted by Crippen LogP contribution is 2.30. The number of rotatable bonds is 5. The summed E-state index contributed by atoms with van der Waals surface area (Å²) in [6.07, 6.45) is -0.846. The molecule has 9 heteroatoms. The number of anilines is 2. The van der Waals surface area contributed by atoms with E-state index in [0.29, 0.717) is 11.3 Å². The number of alkyl halides is 1. The summed E-state index contributed by atoms with van der Waals surface area (Å²) in [7, 11) is 1.35. The summed E-state index contributed by atoms with van der Waals surface area (Å²) in [6.45, 7) is 1.63. The summed E-state index contributed by atoms with van der Waals surface area (Å²) in [5.74, 6) is -1.25. The van der Waals surface area contributed by atoms with Crippen LogP contribution in [0.1, 0.15) is 5.56 Å². The van der Waals surface area contributed by atoms with Crippen molar-refractivity contribution in [3.63, 3.8) is 0 Å². The molecule has 146 valence electrons. The second-order valence-electron chi connectivity index (χ2n) is 6.14. The summed E-state index contributed by atoms with van der Waals surface area (Å²) in [5.41, 5.74) is 0.973. The van der Waals surface area contributed by atoms with Gasteiger partial charge in [-0.3, -0.25) is 9.69 Å². The van der Waals surface area contributed by atoms with Gasteiger partial charge in [0.1, 0.15) is 12.0 Å². The Balaban J connectivity index is 2.00. The molecule has 0 aromatic heterocycles. The minimum absolute atomic E-state index is 0.0571. The van der Waals surface area contributed by atoms with E-state index in [2.05, 4.69) is 10.3 Å². The number of amidine groups is 1. The molecule has 3 rings (SSSR count). The summed E-state index contributed by atoms with van der Waals surface area (Å²) >= 11 is 12.2. The molecule has 2 aromatic carbocycles. The second-order valence-corrected chi connectivity index (χ2v) is 6.85. The van der Waals surface area contributed by atoms with Gasteiger partial charge in [0.2, 0.25) is 5.84 Å². The molecule has 0 spiro atoms. The van der Waals surface area contributed by atoms with Crippen LogP contribution in [0.3, 0.4) is 0 Å². The van der Waals surface area contributed by atoms with E-state index in [1.54, 1.807) is 49.4 Å². The minimum Gasteiger partial charge on any atom is -0.360 e. The Kier molecular flexibility index (Phi) is 5.86. The molecule has 2 aromatic rings. The van der Waals surface area contributed by atoms with Gasteiger partial charge in [0.15, 0.2) is 0 Å². The Morgan fingerprint density at radius 1 is 1.18 bits per heavy atom. The molecule has 1 N–H and O–H groups in total. The molecule has 1 aliphatic rings. The Morgan fingerprint density at radius 2 is 1.89 bits per heavy atom. The van der Waals surface area contributed by atoms with Crippen LogP contribution in [0.15, 0.2) is 47.5 Å². The number of amides is 3. The number of hydrogen-bond acceptors (Lipinski definition) is 4. The Hall–Kier alpha value is -2.64. The lowest BCUT2D eigenvalue weighted by atomic mass is 10.2. The lowest BCUT2D eigenvalue weighted by molar-refractivity contribution is -0.119. The summed E-state index contributed by atoms with van der Waals surface area (Å²) in [6, 6.07) is 10.9. The van der Waals surface area contributed by atoms with E-state index in [1.165, 1.54) is 7.05 Å². The predicted molar refractivity (Wildman–Crippen MR) is 109 cm³/mol. The van der Waals surface area contributed by atoms with Crippen LogP contribution in [0, 0.1) is 12.7 Å². The number of para-hydroxylation sites is 1. The fourth-order valence-corrected chi connectivity index (χ4v) is 3.09. The summed E-state index contributed by atoms with van der Waals surface area (Å²) in [4.78, 5) is 31.5. The zero-order valence-electron chi connectivity index (χ0n) is 15.1. The molecule has 1 atom stereocenters. The van der Waals surface area contributed by atoms with Gasteiger partial charge >= 0.3 is 6.03 Å². The summed E-state index contributed by atoms with van der Waals surface area (Å²) < 4.78 is 14.3. The van der Waals surface area contributed by atoms with Gasteiger partial charge in [0.25, 0.3) is 5.91 Å². The largest absolute Gasteiger partial charge is 0.360 e. The minimum atomic E-state index is -0.846. The SMILES string of the molecule is Cc1cccc(NC(CCl)N=C2C(=O)N(C)C(=O)N2c2ccccc2Cl)c1F. The zero-order valence-corrected chi connectivity index (χ0v) is 16.6. The van der Waals surface area contributed by atoms with Crippen LogP contribution >= 0.6 is 23.2 Å². The normalized spacial score (nSPS) is 16.8. The number of hydrogen-bond donors (Lipinski definition) is 1. The number of aryl methyl sites for hydroxylation is 1. The molecule has 3 amide bonds. The fourth-order valence-electron chi connectivity index (χ4n) is 2.73. The second kappa shape index (κ2) is 8.16. The van der Waals surface area contributed by atoms with Crippen LogP contribution in [-0.2, 0) is 4.79 Å². The number of aliphatic imine (C=N–C) groups is 1. The highest BCUT2D eigenvalue weighted by Gasteiger charge is 2.42. The first-order valence-corrected chi connectivity index (χ1v) is 9.28. The van der Waals surface area contributed by atoms with Crippen molar-refractivity contribution in [1.29, 1.82) is 0 Å². The zero-order chi connectivity index (χ0) is 20.4. The maximum Gasteiger partial charge on any atom is 0.337 e. The van der Waals surface area contributed by atoms with E-state index in [1.807, 2.05) is 0 Å². The Labute approximate surface area is 171 Å². The standard InChI is InChI=1S/C19H17Cl2FN4O2/c1-11-6-5-8-13(16(11)22)23-15(10-20)24-17-18(27)25(2)19(28)26(17)14-9-4-3-7-12(14)21/h3-9,15,23H,10H2,1-2H3. The third-order valence-corrected chi connectivity index (χ3v) is 4.83. The van der Waals surface area contributed by atoms with Crippen LogP contribution < -0.4 is 10.2 Å². The van der Waals surface area contributed by atoms with E-state index in [9.17, 15) is 14.0 Å².